The summed E-state index contributed by atoms with van der Waals surface area (Å²) in [5.41, 5.74) is 0.804. The van der Waals surface area contributed by atoms with Gasteiger partial charge in [0.15, 0.2) is 9.84 Å². The molecule has 0 N–H and O–H groups in total. The van der Waals surface area contributed by atoms with E-state index in [-0.39, 0.29) is 5.75 Å². The summed E-state index contributed by atoms with van der Waals surface area (Å²) in [7, 11) is -3.23. The van der Waals surface area contributed by atoms with Crippen LogP contribution in [0.2, 0.25) is 0 Å². The molecule has 0 amide bonds. The first-order valence-corrected chi connectivity index (χ1v) is 9.78. The second-order valence-electron chi connectivity index (χ2n) is 5.81. The number of hydrogen-bond donors (Lipinski definition) is 0. The lowest BCUT2D eigenvalue weighted by atomic mass is 10.2. The molecule has 3 rings (SSSR count). The number of hydrogen-bond acceptors (Lipinski definition) is 6. The largest absolute Gasteiger partial charge is 0.367 e. The monoisotopic (exact) mass is 346 g/mol. The molecule has 1 aliphatic rings. The quantitative estimate of drug-likeness (QED) is 0.842. The highest BCUT2D eigenvalue weighted by Gasteiger charge is 2.24. The van der Waals surface area contributed by atoms with Crippen molar-refractivity contribution in [2.45, 2.75) is 18.7 Å². The van der Waals surface area contributed by atoms with Crippen molar-refractivity contribution < 1.29 is 8.42 Å². The zero-order chi connectivity index (χ0) is 17.2. The first-order valence-electron chi connectivity index (χ1n) is 8.12. The molecular formula is C17H22N4O2S. The molecule has 0 spiro atoms. The van der Waals surface area contributed by atoms with Crippen LogP contribution in [0.15, 0.2) is 41.4 Å². The van der Waals surface area contributed by atoms with Crippen LogP contribution < -0.4 is 9.80 Å². The van der Waals surface area contributed by atoms with E-state index >= 15 is 0 Å². The molecule has 1 saturated heterocycles. The first kappa shape index (κ1) is 16.7. The average Bonchev–Trinajstić information content (AvgIpc) is 2.62. The fourth-order valence-corrected chi connectivity index (χ4v) is 4.05. The Labute approximate surface area is 143 Å². The molecule has 1 aliphatic heterocycles. The Balaban J connectivity index is 1.78. The average molecular weight is 346 g/mol. The molecule has 7 heteroatoms. The third-order valence-electron chi connectivity index (χ3n) is 4.29. The minimum atomic E-state index is -3.23. The number of aryl methyl sites for hydroxylation is 1. The highest BCUT2D eigenvalue weighted by Crippen LogP contribution is 2.27. The van der Waals surface area contributed by atoms with E-state index < -0.39 is 9.84 Å². The number of sulfone groups is 1. The number of piperazine rings is 1. The SMILES string of the molecule is CCS(=O)(=O)c1ccccc1N1CCN(c2ccnc(C)n2)CC1. The molecule has 0 unspecified atom stereocenters. The normalized spacial score (nSPS) is 15.6. The van der Waals surface area contributed by atoms with Gasteiger partial charge in [0.1, 0.15) is 11.6 Å². The summed E-state index contributed by atoms with van der Waals surface area (Å²) < 4.78 is 24.7. The molecule has 1 aromatic heterocycles. The van der Waals surface area contributed by atoms with Gasteiger partial charge < -0.3 is 9.80 Å². The van der Waals surface area contributed by atoms with Gasteiger partial charge in [-0.3, -0.25) is 0 Å². The summed E-state index contributed by atoms with van der Waals surface area (Å²) in [5.74, 6) is 1.80. The number of benzene rings is 1. The summed E-state index contributed by atoms with van der Waals surface area (Å²) >= 11 is 0. The van der Waals surface area contributed by atoms with E-state index in [1.165, 1.54) is 0 Å². The maximum Gasteiger partial charge on any atom is 0.180 e. The van der Waals surface area contributed by atoms with Gasteiger partial charge in [0.05, 0.1) is 16.3 Å². The number of nitrogens with zero attached hydrogens (tertiary/aromatic N) is 4. The van der Waals surface area contributed by atoms with Crippen molar-refractivity contribution >= 4 is 21.3 Å². The van der Waals surface area contributed by atoms with Crippen LogP contribution in [0.1, 0.15) is 12.7 Å². The lowest BCUT2D eigenvalue weighted by Gasteiger charge is -2.37. The Morgan fingerprint density at radius 1 is 1.04 bits per heavy atom. The Morgan fingerprint density at radius 3 is 2.38 bits per heavy atom. The molecular weight excluding hydrogens is 324 g/mol. The summed E-state index contributed by atoms with van der Waals surface area (Å²) in [5, 5.41) is 0. The molecule has 6 nitrogen and oxygen atoms in total. The topological polar surface area (TPSA) is 66.4 Å². The fraction of sp³-hybridized carbons (Fsp3) is 0.412. The summed E-state index contributed by atoms with van der Waals surface area (Å²) in [6, 6.07) is 9.19. The molecule has 2 aromatic rings. The predicted molar refractivity (Wildman–Crippen MR) is 95.4 cm³/mol. The van der Waals surface area contributed by atoms with Gasteiger partial charge in [0, 0.05) is 32.4 Å². The Bertz CT molecular complexity index is 815. The van der Waals surface area contributed by atoms with Gasteiger partial charge in [-0.15, -0.1) is 0 Å². The number of para-hydroxylation sites is 1. The molecule has 0 radical (unpaired) electrons. The van der Waals surface area contributed by atoms with Crippen molar-refractivity contribution in [3.63, 3.8) is 0 Å². The van der Waals surface area contributed by atoms with Crippen LogP contribution in [-0.4, -0.2) is 50.3 Å². The van der Waals surface area contributed by atoms with Crippen LogP contribution in [0.4, 0.5) is 11.5 Å². The van der Waals surface area contributed by atoms with E-state index in [0.29, 0.717) is 4.90 Å². The van der Waals surface area contributed by atoms with Crippen molar-refractivity contribution in [1.29, 1.82) is 0 Å². The molecule has 128 valence electrons. The zero-order valence-corrected chi connectivity index (χ0v) is 14.8. The molecule has 1 aromatic carbocycles. The van der Waals surface area contributed by atoms with Crippen molar-refractivity contribution in [2.75, 3.05) is 41.7 Å². The molecule has 0 atom stereocenters. The van der Waals surface area contributed by atoms with Gasteiger partial charge >= 0.3 is 0 Å². The second-order valence-corrected chi connectivity index (χ2v) is 8.05. The van der Waals surface area contributed by atoms with Crippen LogP contribution >= 0.6 is 0 Å². The highest BCUT2D eigenvalue weighted by molar-refractivity contribution is 7.91. The van der Waals surface area contributed by atoms with Gasteiger partial charge in [0.2, 0.25) is 0 Å². The molecule has 2 heterocycles. The lowest BCUT2D eigenvalue weighted by molar-refractivity contribution is 0.595. The van der Waals surface area contributed by atoms with E-state index in [9.17, 15) is 8.42 Å². The third-order valence-corrected chi connectivity index (χ3v) is 6.06. The summed E-state index contributed by atoms with van der Waals surface area (Å²) in [6.45, 7) is 6.69. The standard InChI is InChI=1S/C17H22N4O2S/c1-3-24(22,23)16-7-5-4-6-15(16)20-10-12-21(13-11-20)17-8-9-18-14(2)19-17/h4-9H,3,10-13H2,1-2H3. The Kier molecular flexibility index (Phi) is 4.71. The van der Waals surface area contributed by atoms with Gasteiger partial charge in [-0.05, 0) is 25.1 Å². The maximum absolute atomic E-state index is 12.3. The van der Waals surface area contributed by atoms with E-state index in [1.807, 2.05) is 25.1 Å². The number of aromatic nitrogens is 2. The lowest BCUT2D eigenvalue weighted by Crippen LogP contribution is -2.47. The molecule has 1 fully saturated rings. The fourth-order valence-electron chi connectivity index (χ4n) is 2.93. The zero-order valence-electron chi connectivity index (χ0n) is 14.0. The summed E-state index contributed by atoms with van der Waals surface area (Å²) in [6.07, 6.45) is 1.77. The van der Waals surface area contributed by atoms with Crippen LogP contribution in [0.3, 0.4) is 0 Å². The van der Waals surface area contributed by atoms with Crippen LogP contribution in [0, 0.1) is 6.92 Å². The van der Waals surface area contributed by atoms with E-state index in [4.69, 9.17) is 0 Å². The van der Waals surface area contributed by atoms with Crippen LogP contribution in [0.25, 0.3) is 0 Å². The van der Waals surface area contributed by atoms with E-state index in [2.05, 4.69) is 19.8 Å². The van der Waals surface area contributed by atoms with Crippen molar-refractivity contribution in [3.05, 3.63) is 42.4 Å². The predicted octanol–water partition coefficient (Wildman–Crippen LogP) is 1.91. The number of anilines is 2. The van der Waals surface area contributed by atoms with Gasteiger partial charge in [-0.1, -0.05) is 19.1 Å². The first-order chi connectivity index (χ1) is 11.5. The van der Waals surface area contributed by atoms with Gasteiger partial charge in [-0.2, -0.15) is 0 Å². The molecule has 0 saturated carbocycles. The van der Waals surface area contributed by atoms with E-state index in [0.717, 1.165) is 43.5 Å². The second kappa shape index (κ2) is 6.76. The Hall–Kier alpha value is -2.15. The van der Waals surface area contributed by atoms with Crippen molar-refractivity contribution in [2.24, 2.45) is 0 Å². The van der Waals surface area contributed by atoms with Crippen LogP contribution in [0.5, 0.6) is 0 Å². The van der Waals surface area contributed by atoms with Gasteiger partial charge in [-0.25, -0.2) is 18.4 Å². The third kappa shape index (κ3) is 3.36. The van der Waals surface area contributed by atoms with Crippen molar-refractivity contribution in [3.8, 4) is 0 Å². The number of rotatable bonds is 4. The summed E-state index contributed by atoms with van der Waals surface area (Å²) in [4.78, 5) is 13.4. The minimum Gasteiger partial charge on any atom is -0.367 e. The minimum absolute atomic E-state index is 0.115. The molecule has 24 heavy (non-hydrogen) atoms. The maximum atomic E-state index is 12.3. The molecule has 0 bridgehead atoms. The Morgan fingerprint density at radius 2 is 1.71 bits per heavy atom. The van der Waals surface area contributed by atoms with Gasteiger partial charge in [0.25, 0.3) is 0 Å². The highest BCUT2D eigenvalue weighted by atomic mass is 32.2. The molecule has 0 aliphatic carbocycles. The van der Waals surface area contributed by atoms with Crippen molar-refractivity contribution in [1.82, 2.24) is 9.97 Å². The smallest absolute Gasteiger partial charge is 0.180 e. The van der Waals surface area contributed by atoms with Crippen LogP contribution in [-0.2, 0) is 9.84 Å². The van der Waals surface area contributed by atoms with E-state index in [1.54, 1.807) is 25.3 Å².